The van der Waals surface area contributed by atoms with E-state index in [1.165, 1.54) is 24.3 Å². The molecule has 11 heteroatoms. The standard InChI is InChI=1S/C15H10ClN3O7/c16-12-6-5-11(19(24)25)7-13(12)17-14(20)8-26-15(21)9-1-3-10(4-2-9)18(22)23/h1-7H,8H2,(H,17,20). The van der Waals surface area contributed by atoms with Crippen molar-refractivity contribution >= 4 is 40.5 Å². The Morgan fingerprint density at radius 3 is 2.15 bits per heavy atom. The molecular weight excluding hydrogens is 370 g/mol. The number of amides is 1. The molecule has 2 aromatic carbocycles. The monoisotopic (exact) mass is 379 g/mol. The summed E-state index contributed by atoms with van der Waals surface area (Å²) in [5.74, 6) is -1.62. The molecule has 10 nitrogen and oxygen atoms in total. The highest BCUT2D eigenvalue weighted by Crippen LogP contribution is 2.26. The molecule has 2 aromatic rings. The van der Waals surface area contributed by atoms with Gasteiger partial charge < -0.3 is 10.1 Å². The van der Waals surface area contributed by atoms with Gasteiger partial charge in [0.2, 0.25) is 0 Å². The maximum absolute atomic E-state index is 11.8. The molecule has 0 saturated carbocycles. The number of rotatable bonds is 6. The number of esters is 1. The molecule has 0 heterocycles. The van der Waals surface area contributed by atoms with Gasteiger partial charge in [0.15, 0.2) is 6.61 Å². The van der Waals surface area contributed by atoms with Gasteiger partial charge in [0, 0.05) is 24.3 Å². The number of halogens is 1. The summed E-state index contributed by atoms with van der Waals surface area (Å²) in [5.41, 5.74) is -0.443. The molecule has 2 rings (SSSR count). The van der Waals surface area contributed by atoms with Gasteiger partial charge >= 0.3 is 5.97 Å². The van der Waals surface area contributed by atoms with Gasteiger partial charge in [-0.15, -0.1) is 0 Å². The predicted octanol–water partition coefficient (Wildman–Crippen LogP) is 2.95. The van der Waals surface area contributed by atoms with E-state index in [9.17, 15) is 29.8 Å². The number of nitro benzene ring substituents is 2. The van der Waals surface area contributed by atoms with Crippen molar-refractivity contribution in [3.63, 3.8) is 0 Å². The smallest absolute Gasteiger partial charge is 0.338 e. The van der Waals surface area contributed by atoms with Crippen LogP contribution in [0.25, 0.3) is 0 Å². The largest absolute Gasteiger partial charge is 0.452 e. The van der Waals surface area contributed by atoms with Crippen LogP contribution < -0.4 is 5.32 Å². The molecule has 1 N–H and O–H groups in total. The van der Waals surface area contributed by atoms with Crippen LogP contribution >= 0.6 is 11.6 Å². The van der Waals surface area contributed by atoms with Crippen LogP contribution in [0.4, 0.5) is 17.1 Å². The fourth-order valence-corrected chi connectivity index (χ4v) is 2.01. The molecule has 0 radical (unpaired) electrons. The van der Waals surface area contributed by atoms with Crippen LogP contribution in [0.1, 0.15) is 10.4 Å². The second-order valence-electron chi connectivity index (χ2n) is 4.85. The zero-order chi connectivity index (χ0) is 19.3. The third-order valence-electron chi connectivity index (χ3n) is 3.08. The molecule has 0 aliphatic carbocycles. The molecule has 0 unspecified atom stereocenters. The summed E-state index contributed by atoms with van der Waals surface area (Å²) in [6.45, 7) is -0.672. The second-order valence-corrected chi connectivity index (χ2v) is 5.26. The van der Waals surface area contributed by atoms with Gasteiger partial charge in [-0.05, 0) is 18.2 Å². The van der Waals surface area contributed by atoms with E-state index < -0.39 is 28.3 Å². The number of nitrogens with one attached hydrogen (secondary N) is 1. The first-order valence-corrected chi connectivity index (χ1v) is 7.31. The van der Waals surface area contributed by atoms with E-state index in [0.29, 0.717) is 0 Å². The van der Waals surface area contributed by atoms with Crippen LogP contribution in [-0.4, -0.2) is 28.3 Å². The minimum atomic E-state index is -0.861. The van der Waals surface area contributed by atoms with Crippen LogP contribution in [0.2, 0.25) is 5.02 Å². The zero-order valence-corrected chi connectivity index (χ0v) is 13.6. The minimum absolute atomic E-state index is 0.00254. The summed E-state index contributed by atoms with van der Waals surface area (Å²) in [6, 6.07) is 8.12. The summed E-state index contributed by atoms with van der Waals surface area (Å²) >= 11 is 5.84. The Balaban J connectivity index is 1.96. The zero-order valence-electron chi connectivity index (χ0n) is 12.9. The topological polar surface area (TPSA) is 142 Å². The molecule has 0 bridgehead atoms. The lowest BCUT2D eigenvalue weighted by atomic mass is 10.2. The third kappa shape index (κ3) is 4.74. The highest BCUT2D eigenvalue weighted by molar-refractivity contribution is 6.33. The predicted molar refractivity (Wildman–Crippen MR) is 90.1 cm³/mol. The summed E-state index contributed by atoms with van der Waals surface area (Å²) in [7, 11) is 0. The van der Waals surface area contributed by atoms with E-state index in [2.05, 4.69) is 5.32 Å². The van der Waals surface area contributed by atoms with Gasteiger partial charge in [0.1, 0.15) is 0 Å². The lowest BCUT2D eigenvalue weighted by Gasteiger charge is -2.08. The van der Waals surface area contributed by atoms with Gasteiger partial charge in [-0.2, -0.15) is 0 Å². The number of hydrogen-bond acceptors (Lipinski definition) is 7. The third-order valence-corrected chi connectivity index (χ3v) is 3.41. The van der Waals surface area contributed by atoms with E-state index in [1.807, 2.05) is 0 Å². The van der Waals surface area contributed by atoms with Crippen molar-refractivity contribution in [3.05, 3.63) is 73.3 Å². The Bertz CT molecular complexity index is 883. The molecule has 0 aliphatic rings. The molecular formula is C15H10ClN3O7. The Kier molecular flexibility index (Phi) is 5.81. The number of nitrogens with zero attached hydrogens (tertiary/aromatic N) is 2. The average Bonchev–Trinajstić information content (AvgIpc) is 2.61. The Morgan fingerprint density at radius 1 is 1.00 bits per heavy atom. The van der Waals surface area contributed by atoms with Gasteiger partial charge in [0.05, 0.1) is 26.1 Å². The highest BCUT2D eigenvalue weighted by Gasteiger charge is 2.15. The van der Waals surface area contributed by atoms with E-state index >= 15 is 0 Å². The second kappa shape index (κ2) is 8.03. The highest BCUT2D eigenvalue weighted by atomic mass is 35.5. The molecule has 1 amide bonds. The summed E-state index contributed by atoms with van der Waals surface area (Å²) in [4.78, 5) is 43.6. The Labute approximate surface area is 150 Å². The molecule has 0 fully saturated rings. The van der Waals surface area contributed by atoms with Crippen LogP contribution in [0.5, 0.6) is 0 Å². The van der Waals surface area contributed by atoms with Gasteiger partial charge in [0.25, 0.3) is 17.3 Å². The molecule has 0 spiro atoms. The van der Waals surface area contributed by atoms with Gasteiger partial charge in [-0.1, -0.05) is 11.6 Å². The molecule has 0 aromatic heterocycles. The molecule has 0 aliphatic heterocycles. The normalized spacial score (nSPS) is 10.0. The maximum Gasteiger partial charge on any atom is 0.338 e. The lowest BCUT2D eigenvalue weighted by molar-refractivity contribution is -0.385. The molecule has 134 valence electrons. The quantitative estimate of drug-likeness (QED) is 0.461. The van der Waals surface area contributed by atoms with Crippen molar-refractivity contribution in [2.45, 2.75) is 0 Å². The van der Waals surface area contributed by atoms with E-state index in [4.69, 9.17) is 16.3 Å². The van der Waals surface area contributed by atoms with Crippen molar-refractivity contribution in [1.29, 1.82) is 0 Å². The van der Waals surface area contributed by atoms with Crippen LogP contribution in [0.15, 0.2) is 42.5 Å². The number of hydrogen-bond donors (Lipinski definition) is 1. The summed E-state index contributed by atoms with van der Waals surface area (Å²) < 4.78 is 4.78. The Hall–Kier alpha value is -3.53. The van der Waals surface area contributed by atoms with Crippen LogP contribution in [-0.2, 0) is 9.53 Å². The minimum Gasteiger partial charge on any atom is -0.452 e. The summed E-state index contributed by atoms with van der Waals surface area (Å²) in [6.07, 6.45) is 0. The van der Waals surface area contributed by atoms with Crippen molar-refractivity contribution in [2.24, 2.45) is 0 Å². The maximum atomic E-state index is 11.8. The molecule has 26 heavy (non-hydrogen) atoms. The van der Waals surface area contributed by atoms with Gasteiger partial charge in [-0.25, -0.2) is 4.79 Å². The fraction of sp³-hybridized carbons (Fsp3) is 0.0667. The number of benzene rings is 2. The average molecular weight is 380 g/mol. The molecule has 0 saturated heterocycles. The van der Waals surface area contributed by atoms with Crippen molar-refractivity contribution in [2.75, 3.05) is 11.9 Å². The van der Waals surface area contributed by atoms with Gasteiger partial charge in [-0.3, -0.25) is 25.0 Å². The van der Waals surface area contributed by atoms with Crippen molar-refractivity contribution in [1.82, 2.24) is 0 Å². The number of non-ortho nitro benzene ring substituents is 2. The first kappa shape index (κ1) is 18.8. The van der Waals surface area contributed by atoms with Crippen molar-refractivity contribution in [3.8, 4) is 0 Å². The Morgan fingerprint density at radius 2 is 1.58 bits per heavy atom. The first-order chi connectivity index (χ1) is 12.3. The number of carbonyl (C=O) groups is 2. The lowest BCUT2D eigenvalue weighted by Crippen LogP contribution is -2.21. The SMILES string of the molecule is O=C(COC(=O)c1ccc([N+](=O)[O-])cc1)Nc1cc([N+](=O)[O-])ccc1Cl. The van der Waals surface area contributed by atoms with Crippen LogP contribution in [0, 0.1) is 20.2 Å². The van der Waals surface area contributed by atoms with E-state index in [-0.39, 0.29) is 27.6 Å². The van der Waals surface area contributed by atoms with Crippen molar-refractivity contribution < 1.29 is 24.2 Å². The fourth-order valence-electron chi connectivity index (χ4n) is 1.84. The number of anilines is 1. The number of ether oxygens (including phenoxy) is 1. The van der Waals surface area contributed by atoms with E-state index in [0.717, 1.165) is 18.2 Å². The number of carbonyl (C=O) groups excluding carboxylic acids is 2. The van der Waals surface area contributed by atoms with Crippen LogP contribution in [0.3, 0.4) is 0 Å². The summed E-state index contributed by atoms with van der Waals surface area (Å²) in [5, 5.41) is 23.6. The van der Waals surface area contributed by atoms with E-state index in [1.54, 1.807) is 0 Å². The number of nitro groups is 2. The first-order valence-electron chi connectivity index (χ1n) is 6.93. The molecule has 0 atom stereocenters.